The summed E-state index contributed by atoms with van der Waals surface area (Å²) in [4.78, 5) is 10.5. The lowest BCUT2D eigenvalue weighted by molar-refractivity contribution is 0.111. The van der Waals surface area contributed by atoms with E-state index in [0.717, 1.165) is 0 Å². The van der Waals surface area contributed by atoms with E-state index in [-0.39, 0.29) is 17.2 Å². The number of halogens is 2. The van der Waals surface area contributed by atoms with Gasteiger partial charge in [0.2, 0.25) is 0 Å². The second-order valence-electron chi connectivity index (χ2n) is 4.25. The van der Waals surface area contributed by atoms with Gasteiger partial charge in [0.15, 0.2) is 17.9 Å². The number of benzene rings is 1. The highest BCUT2D eigenvalue weighted by atomic mass is 19.2. The first-order valence-electron chi connectivity index (χ1n) is 5.52. The number of rotatable bonds is 3. The molecule has 2 rings (SSSR count). The first kappa shape index (κ1) is 12.4. The van der Waals surface area contributed by atoms with E-state index < -0.39 is 11.6 Å². The maximum absolute atomic E-state index is 13.8. The molecule has 0 radical (unpaired) electrons. The van der Waals surface area contributed by atoms with Crippen molar-refractivity contribution in [3.8, 4) is 11.1 Å². The number of carbonyl (C=O) groups is 1. The van der Waals surface area contributed by atoms with Crippen LogP contribution in [-0.2, 0) is 0 Å². The highest BCUT2D eigenvalue weighted by molar-refractivity contribution is 5.77. The molecule has 0 saturated carbocycles. The van der Waals surface area contributed by atoms with E-state index in [1.165, 1.54) is 18.3 Å². The molecule has 0 aliphatic carbocycles. The van der Waals surface area contributed by atoms with Crippen molar-refractivity contribution in [3.05, 3.63) is 41.7 Å². The number of aromatic nitrogens is 2. The van der Waals surface area contributed by atoms with Crippen molar-refractivity contribution in [1.82, 2.24) is 9.78 Å². The molecule has 0 spiro atoms. The van der Waals surface area contributed by atoms with Gasteiger partial charge in [-0.15, -0.1) is 0 Å². The van der Waals surface area contributed by atoms with Gasteiger partial charge >= 0.3 is 0 Å². The van der Waals surface area contributed by atoms with Gasteiger partial charge in [-0.2, -0.15) is 5.10 Å². The number of carbonyl (C=O) groups excluding carboxylic acids is 1. The third-order valence-electron chi connectivity index (χ3n) is 2.68. The van der Waals surface area contributed by atoms with Gasteiger partial charge in [-0.3, -0.25) is 9.48 Å². The first-order chi connectivity index (χ1) is 8.54. The highest BCUT2D eigenvalue weighted by Gasteiger charge is 2.15. The van der Waals surface area contributed by atoms with E-state index in [9.17, 15) is 13.6 Å². The molecule has 0 N–H and O–H groups in total. The first-order valence-corrected chi connectivity index (χ1v) is 5.52. The molecule has 18 heavy (non-hydrogen) atoms. The van der Waals surface area contributed by atoms with Crippen LogP contribution in [0.2, 0.25) is 0 Å². The second kappa shape index (κ2) is 4.68. The van der Waals surface area contributed by atoms with Crippen molar-refractivity contribution < 1.29 is 13.6 Å². The summed E-state index contributed by atoms with van der Waals surface area (Å²) in [6, 6.07) is 2.78. The fraction of sp³-hybridized carbons (Fsp3) is 0.231. The maximum atomic E-state index is 13.8. The van der Waals surface area contributed by atoms with Crippen LogP contribution in [0, 0.1) is 11.6 Å². The van der Waals surface area contributed by atoms with E-state index in [0.29, 0.717) is 11.8 Å². The third-order valence-corrected chi connectivity index (χ3v) is 2.68. The Kier molecular flexibility index (Phi) is 3.23. The van der Waals surface area contributed by atoms with Crippen LogP contribution in [0.3, 0.4) is 0 Å². The monoisotopic (exact) mass is 250 g/mol. The van der Waals surface area contributed by atoms with E-state index in [2.05, 4.69) is 5.10 Å². The van der Waals surface area contributed by atoms with Gasteiger partial charge in [0.1, 0.15) is 0 Å². The Hall–Kier alpha value is -2.04. The fourth-order valence-corrected chi connectivity index (χ4v) is 1.64. The SMILES string of the molecule is CC(C)n1cc(-c2ccc(C=O)c(F)c2F)cn1. The predicted molar refractivity (Wildman–Crippen MR) is 63.4 cm³/mol. The standard InChI is InChI=1S/C13H12F2N2O/c1-8(2)17-6-10(5-16-17)11-4-3-9(7-18)12(14)13(11)15/h3-8H,1-2H3. The normalized spacial score (nSPS) is 10.9. The molecule has 0 unspecified atom stereocenters. The van der Waals surface area contributed by atoms with E-state index in [1.54, 1.807) is 10.9 Å². The maximum Gasteiger partial charge on any atom is 0.169 e. The average molecular weight is 250 g/mol. The molecule has 0 fully saturated rings. The summed E-state index contributed by atoms with van der Waals surface area (Å²) in [5.74, 6) is -2.15. The third kappa shape index (κ3) is 2.03. The van der Waals surface area contributed by atoms with Gasteiger partial charge in [-0.1, -0.05) is 6.07 Å². The summed E-state index contributed by atoms with van der Waals surface area (Å²) in [7, 11) is 0. The Balaban J connectivity index is 2.50. The largest absolute Gasteiger partial charge is 0.298 e. The van der Waals surface area contributed by atoms with Crippen LogP contribution in [0.25, 0.3) is 11.1 Å². The zero-order valence-electron chi connectivity index (χ0n) is 10.0. The quantitative estimate of drug-likeness (QED) is 0.784. The summed E-state index contributed by atoms with van der Waals surface area (Å²) < 4.78 is 28.9. The molecule has 0 aliphatic heterocycles. The molecule has 94 valence electrons. The van der Waals surface area contributed by atoms with Crippen LogP contribution >= 0.6 is 0 Å². The Morgan fingerprint density at radius 2 is 2.00 bits per heavy atom. The Bertz CT molecular complexity index is 591. The number of nitrogens with zero attached hydrogens (tertiary/aromatic N) is 2. The smallest absolute Gasteiger partial charge is 0.169 e. The van der Waals surface area contributed by atoms with E-state index in [1.807, 2.05) is 13.8 Å². The molecule has 2 aromatic rings. The predicted octanol–water partition coefficient (Wildman–Crippen LogP) is 3.22. The van der Waals surface area contributed by atoms with Crippen molar-refractivity contribution in [3.63, 3.8) is 0 Å². The zero-order chi connectivity index (χ0) is 13.3. The van der Waals surface area contributed by atoms with Crippen LogP contribution in [0.1, 0.15) is 30.2 Å². The van der Waals surface area contributed by atoms with Gasteiger partial charge in [-0.05, 0) is 19.9 Å². The van der Waals surface area contributed by atoms with Crippen molar-refractivity contribution in [2.45, 2.75) is 19.9 Å². The summed E-state index contributed by atoms with van der Waals surface area (Å²) in [5.41, 5.74) is 0.301. The molecule has 3 nitrogen and oxygen atoms in total. The number of aldehydes is 1. The summed E-state index contributed by atoms with van der Waals surface area (Å²) in [6.45, 7) is 3.87. The van der Waals surface area contributed by atoms with Crippen LogP contribution in [0.4, 0.5) is 8.78 Å². The zero-order valence-corrected chi connectivity index (χ0v) is 10.0. The van der Waals surface area contributed by atoms with Crippen molar-refractivity contribution >= 4 is 6.29 Å². The average Bonchev–Trinajstić information content (AvgIpc) is 2.82. The van der Waals surface area contributed by atoms with Crippen molar-refractivity contribution in [2.75, 3.05) is 0 Å². The lowest BCUT2D eigenvalue weighted by Crippen LogP contribution is -2.00. The second-order valence-corrected chi connectivity index (χ2v) is 4.25. The van der Waals surface area contributed by atoms with Crippen LogP contribution < -0.4 is 0 Å². The summed E-state index contributed by atoms with van der Waals surface area (Å²) in [5, 5.41) is 4.06. The van der Waals surface area contributed by atoms with Gasteiger partial charge in [-0.25, -0.2) is 8.78 Å². The van der Waals surface area contributed by atoms with E-state index in [4.69, 9.17) is 0 Å². The molecule has 0 atom stereocenters. The molecule has 1 aromatic carbocycles. The highest BCUT2D eigenvalue weighted by Crippen LogP contribution is 2.26. The summed E-state index contributed by atoms with van der Waals surface area (Å²) in [6.07, 6.45) is 3.40. The topological polar surface area (TPSA) is 34.9 Å². The van der Waals surface area contributed by atoms with Crippen LogP contribution in [0.5, 0.6) is 0 Å². The Morgan fingerprint density at radius 3 is 2.56 bits per heavy atom. The van der Waals surface area contributed by atoms with Gasteiger partial charge in [0.25, 0.3) is 0 Å². The van der Waals surface area contributed by atoms with E-state index >= 15 is 0 Å². The van der Waals surface area contributed by atoms with Gasteiger partial charge in [0, 0.05) is 23.4 Å². The number of hydrogen-bond acceptors (Lipinski definition) is 2. The minimum Gasteiger partial charge on any atom is -0.298 e. The molecule has 0 amide bonds. The van der Waals surface area contributed by atoms with Gasteiger partial charge in [0.05, 0.1) is 11.8 Å². The van der Waals surface area contributed by atoms with Crippen molar-refractivity contribution in [2.24, 2.45) is 0 Å². The molecular weight excluding hydrogens is 238 g/mol. The van der Waals surface area contributed by atoms with Crippen molar-refractivity contribution in [1.29, 1.82) is 0 Å². The molecular formula is C13H12F2N2O. The fourth-order valence-electron chi connectivity index (χ4n) is 1.64. The van der Waals surface area contributed by atoms with Gasteiger partial charge < -0.3 is 0 Å². The minimum atomic E-state index is -1.13. The minimum absolute atomic E-state index is 0.102. The summed E-state index contributed by atoms with van der Waals surface area (Å²) >= 11 is 0. The number of hydrogen-bond donors (Lipinski definition) is 0. The Morgan fingerprint density at radius 1 is 1.28 bits per heavy atom. The van der Waals surface area contributed by atoms with Crippen LogP contribution in [0.15, 0.2) is 24.5 Å². The Labute approximate surface area is 103 Å². The lowest BCUT2D eigenvalue weighted by Gasteiger charge is -2.04. The molecule has 0 aliphatic rings. The molecule has 1 heterocycles. The van der Waals surface area contributed by atoms with Crippen LogP contribution in [-0.4, -0.2) is 16.1 Å². The lowest BCUT2D eigenvalue weighted by atomic mass is 10.1. The molecule has 0 bridgehead atoms. The molecule has 1 aromatic heterocycles. The molecule has 5 heteroatoms. The molecule has 0 saturated heterocycles.